The number of amides is 1. The summed E-state index contributed by atoms with van der Waals surface area (Å²) in [4.78, 5) is 26.4. The number of nitrogens with zero attached hydrogens (tertiary/aromatic N) is 1. The number of hydrogen-bond acceptors (Lipinski definition) is 3. The fraction of sp³-hybridized carbons (Fsp3) is 0.417. The van der Waals surface area contributed by atoms with Crippen molar-refractivity contribution in [1.29, 1.82) is 0 Å². The molecular formula is C24H25NO4. The van der Waals surface area contributed by atoms with E-state index in [9.17, 15) is 14.7 Å². The van der Waals surface area contributed by atoms with Gasteiger partial charge in [-0.2, -0.15) is 0 Å². The molecule has 1 saturated heterocycles. The Morgan fingerprint density at radius 3 is 2.17 bits per heavy atom. The van der Waals surface area contributed by atoms with Gasteiger partial charge in [0.2, 0.25) is 0 Å². The Hall–Kier alpha value is -2.82. The third kappa shape index (κ3) is 3.18. The van der Waals surface area contributed by atoms with Gasteiger partial charge in [0.05, 0.1) is 12.0 Å². The number of carbonyl (C=O) groups excluding carboxylic acids is 1. The van der Waals surface area contributed by atoms with Crippen LogP contribution in [0, 0.1) is 11.8 Å². The molecule has 1 amide bonds. The first-order valence-electron chi connectivity index (χ1n) is 10.5. The highest BCUT2D eigenvalue weighted by atomic mass is 16.6. The molecule has 2 aromatic carbocycles. The van der Waals surface area contributed by atoms with Gasteiger partial charge in [0.25, 0.3) is 0 Å². The van der Waals surface area contributed by atoms with Crippen molar-refractivity contribution in [3.05, 3.63) is 59.7 Å². The van der Waals surface area contributed by atoms with Gasteiger partial charge in [0.1, 0.15) is 6.61 Å². The summed E-state index contributed by atoms with van der Waals surface area (Å²) < 4.78 is 5.81. The lowest BCUT2D eigenvalue weighted by atomic mass is 9.86. The van der Waals surface area contributed by atoms with Crippen LogP contribution in [0.5, 0.6) is 0 Å². The summed E-state index contributed by atoms with van der Waals surface area (Å²) in [6.45, 7) is 0.861. The number of carbonyl (C=O) groups is 2. The van der Waals surface area contributed by atoms with Crippen LogP contribution in [-0.4, -0.2) is 41.3 Å². The van der Waals surface area contributed by atoms with E-state index in [1.54, 1.807) is 4.90 Å². The number of benzene rings is 2. The van der Waals surface area contributed by atoms with Crippen LogP contribution in [0.25, 0.3) is 11.1 Å². The molecular weight excluding hydrogens is 366 g/mol. The summed E-state index contributed by atoms with van der Waals surface area (Å²) in [5.74, 6) is -0.947. The van der Waals surface area contributed by atoms with Crippen molar-refractivity contribution in [2.24, 2.45) is 11.8 Å². The third-order valence-electron chi connectivity index (χ3n) is 6.68. The number of carboxylic acid groups (broad SMARTS) is 1. The first kappa shape index (κ1) is 18.2. The Labute approximate surface area is 170 Å². The van der Waals surface area contributed by atoms with Crippen LogP contribution >= 0.6 is 0 Å². The standard InChI is InChI=1S/C24H25NO4/c26-23(27)20-10-5-13-25(22(20)15-11-12-15)24(28)29-14-21-18-8-3-1-6-16(18)17-7-2-4-9-19(17)21/h1-4,6-9,15,20-22H,5,10-14H2,(H,26,27)/t20-,22-/m1/s1. The molecule has 2 atom stereocenters. The Balaban J connectivity index is 1.35. The topological polar surface area (TPSA) is 66.8 Å². The maximum absolute atomic E-state index is 13.0. The predicted octanol–water partition coefficient (Wildman–Crippen LogP) is 4.51. The lowest BCUT2D eigenvalue weighted by Gasteiger charge is -2.39. The van der Waals surface area contributed by atoms with Crippen LogP contribution in [0.2, 0.25) is 0 Å². The number of aliphatic carboxylic acids is 1. The van der Waals surface area contributed by atoms with Gasteiger partial charge < -0.3 is 14.7 Å². The van der Waals surface area contributed by atoms with Crippen LogP contribution < -0.4 is 0 Å². The van der Waals surface area contributed by atoms with Crippen LogP contribution in [0.15, 0.2) is 48.5 Å². The van der Waals surface area contributed by atoms with Gasteiger partial charge in [0, 0.05) is 12.5 Å². The molecule has 0 aromatic heterocycles. The second-order valence-electron chi connectivity index (χ2n) is 8.41. The van der Waals surface area contributed by atoms with E-state index in [4.69, 9.17) is 4.74 Å². The van der Waals surface area contributed by atoms with E-state index in [1.807, 2.05) is 24.3 Å². The summed E-state index contributed by atoms with van der Waals surface area (Å²) in [6.07, 6.45) is 2.99. The van der Waals surface area contributed by atoms with E-state index in [-0.39, 0.29) is 24.7 Å². The fourth-order valence-corrected chi connectivity index (χ4v) is 5.20. The zero-order valence-corrected chi connectivity index (χ0v) is 16.3. The lowest BCUT2D eigenvalue weighted by Crippen LogP contribution is -2.52. The summed E-state index contributed by atoms with van der Waals surface area (Å²) in [5, 5.41) is 9.63. The quantitative estimate of drug-likeness (QED) is 0.833. The van der Waals surface area contributed by atoms with E-state index in [1.165, 1.54) is 22.3 Å². The SMILES string of the molecule is O=C(O)[C@@H]1CCCN(C(=O)OCC2c3ccccc3-c3ccccc32)[C@@H]1C1CC1. The van der Waals surface area contributed by atoms with Gasteiger partial charge in [0.15, 0.2) is 0 Å². The molecule has 2 aromatic rings. The number of ether oxygens (including phenoxy) is 1. The molecule has 0 spiro atoms. The van der Waals surface area contributed by atoms with Gasteiger partial charge >= 0.3 is 12.1 Å². The van der Waals surface area contributed by atoms with Crippen LogP contribution in [0.4, 0.5) is 4.79 Å². The zero-order chi connectivity index (χ0) is 20.0. The first-order valence-corrected chi connectivity index (χ1v) is 10.5. The molecule has 1 heterocycles. The number of carboxylic acids is 1. The average Bonchev–Trinajstić information content (AvgIpc) is 3.54. The minimum Gasteiger partial charge on any atom is -0.481 e. The molecule has 2 aliphatic carbocycles. The van der Waals surface area contributed by atoms with Gasteiger partial charge in [-0.05, 0) is 53.9 Å². The average molecular weight is 391 g/mol. The van der Waals surface area contributed by atoms with Crippen molar-refractivity contribution in [2.75, 3.05) is 13.2 Å². The zero-order valence-electron chi connectivity index (χ0n) is 16.3. The molecule has 3 aliphatic rings. The molecule has 29 heavy (non-hydrogen) atoms. The minimum atomic E-state index is -0.793. The molecule has 5 heteroatoms. The summed E-state index contributed by atoms with van der Waals surface area (Å²) in [5.41, 5.74) is 4.76. The molecule has 0 unspecified atom stereocenters. The van der Waals surface area contributed by atoms with E-state index in [0.717, 1.165) is 12.8 Å². The summed E-state index contributed by atoms with van der Waals surface area (Å²) in [6, 6.07) is 16.3. The number of piperidine rings is 1. The fourth-order valence-electron chi connectivity index (χ4n) is 5.20. The Kier molecular flexibility index (Phi) is 4.53. The molecule has 1 saturated carbocycles. The van der Waals surface area contributed by atoms with Crippen LogP contribution in [0.1, 0.15) is 42.7 Å². The predicted molar refractivity (Wildman–Crippen MR) is 109 cm³/mol. The molecule has 1 N–H and O–H groups in total. The van der Waals surface area contributed by atoms with Gasteiger partial charge in [-0.25, -0.2) is 4.79 Å². The number of fused-ring (bicyclic) bond motifs is 3. The molecule has 5 rings (SSSR count). The normalized spacial score (nSPS) is 23.4. The van der Waals surface area contributed by atoms with Gasteiger partial charge in [-0.3, -0.25) is 4.79 Å². The highest BCUT2D eigenvalue weighted by Crippen LogP contribution is 2.45. The van der Waals surface area contributed by atoms with Crippen molar-refractivity contribution in [3.63, 3.8) is 0 Å². The van der Waals surface area contributed by atoms with Gasteiger partial charge in [-0.15, -0.1) is 0 Å². The highest BCUT2D eigenvalue weighted by molar-refractivity contribution is 5.79. The van der Waals surface area contributed by atoms with Crippen LogP contribution in [0.3, 0.4) is 0 Å². The number of hydrogen-bond donors (Lipinski definition) is 1. The molecule has 1 aliphatic heterocycles. The van der Waals surface area contributed by atoms with Crippen LogP contribution in [-0.2, 0) is 9.53 Å². The molecule has 150 valence electrons. The smallest absolute Gasteiger partial charge is 0.410 e. The molecule has 5 nitrogen and oxygen atoms in total. The van der Waals surface area contributed by atoms with E-state index >= 15 is 0 Å². The van der Waals surface area contributed by atoms with E-state index in [0.29, 0.717) is 25.3 Å². The second kappa shape index (κ2) is 7.21. The van der Waals surface area contributed by atoms with Crippen molar-refractivity contribution in [1.82, 2.24) is 4.90 Å². The third-order valence-corrected chi connectivity index (χ3v) is 6.68. The minimum absolute atomic E-state index is 0.0192. The first-order chi connectivity index (χ1) is 14.1. The van der Waals surface area contributed by atoms with Crippen molar-refractivity contribution >= 4 is 12.1 Å². The number of likely N-dealkylation sites (tertiary alicyclic amines) is 1. The summed E-state index contributed by atoms with van der Waals surface area (Å²) >= 11 is 0. The Morgan fingerprint density at radius 2 is 1.59 bits per heavy atom. The number of rotatable bonds is 4. The largest absolute Gasteiger partial charge is 0.481 e. The highest BCUT2D eigenvalue weighted by Gasteiger charge is 2.47. The maximum Gasteiger partial charge on any atom is 0.410 e. The van der Waals surface area contributed by atoms with Crippen molar-refractivity contribution in [2.45, 2.75) is 37.6 Å². The summed E-state index contributed by atoms with van der Waals surface area (Å²) in [7, 11) is 0. The van der Waals surface area contributed by atoms with Crippen molar-refractivity contribution in [3.8, 4) is 11.1 Å². The lowest BCUT2D eigenvalue weighted by molar-refractivity contribution is -0.146. The second-order valence-corrected chi connectivity index (χ2v) is 8.41. The van der Waals surface area contributed by atoms with Crippen molar-refractivity contribution < 1.29 is 19.4 Å². The molecule has 2 fully saturated rings. The van der Waals surface area contributed by atoms with E-state index < -0.39 is 11.9 Å². The Bertz CT molecular complexity index is 906. The van der Waals surface area contributed by atoms with E-state index in [2.05, 4.69) is 24.3 Å². The Morgan fingerprint density at radius 1 is 0.966 bits per heavy atom. The monoisotopic (exact) mass is 391 g/mol. The maximum atomic E-state index is 13.0. The molecule has 0 radical (unpaired) electrons. The molecule has 0 bridgehead atoms. The van der Waals surface area contributed by atoms with Gasteiger partial charge in [-0.1, -0.05) is 48.5 Å².